The van der Waals surface area contributed by atoms with Gasteiger partial charge in [-0.15, -0.1) is 0 Å². The summed E-state index contributed by atoms with van der Waals surface area (Å²) < 4.78 is 5.79. The molecular weight excluding hydrogens is 242 g/mol. The molecule has 1 aliphatic rings. The van der Waals surface area contributed by atoms with Gasteiger partial charge < -0.3 is 5.73 Å². The summed E-state index contributed by atoms with van der Waals surface area (Å²) in [5.74, 6) is 0.627. The van der Waals surface area contributed by atoms with Crippen LogP contribution in [-0.4, -0.2) is 29.4 Å². The molecule has 1 fully saturated rings. The van der Waals surface area contributed by atoms with Gasteiger partial charge in [0.2, 0.25) is 0 Å². The molecule has 4 heteroatoms. The Hall–Kier alpha value is -0.970. The van der Waals surface area contributed by atoms with Gasteiger partial charge in [0.1, 0.15) is 0 Å². The first-order valence-electron chi connectivity index (χ1n) is 6.46. The van der Waals surface area contributed by atoms with Crippen molar-refractivity contribution in [3.63, 3.8) is 0 Å². The zero-order chi connectivity index (χ0) is 12.7. The van der Waals surface area contributed by atoms with Gasteiger partial charge in [-0.2, -0.15) is 4.37 Å². The number of nitrogens with two attached hydrogens (primary N) is 1. The summed E-state index contributed by atoms with van der Waals surface area (Å²) in [6, 6.07) is 7.07. The third-order valence-electron chi connectivity index (χ3n) is 4.03. The van der Waals surface area contributed by atoms with Gasteiger partial charge in [-0.05, 0) is 56.0 Å². The summed E-state index contributed by atoms with van der Waals surface area (Å²) in [5, 5.41) is 1.36. The number of benzene rings is 1. The molecule has 0 saturated carbocycles. The standard InChI is InChI=1S/C14H19N3S/c1-9-14-11(4-3-5-13(14)18-16-9)12-6-10(7-15)8-17(12)2/h3-5,10,12H,6-8,15H2,1-2H3. The maximum absolute atomic E-state index is 5.82. The molecule has 2 heterocycles. The summed E-state index contributed by atoms with van der Waals surface area (Å²) >= 11 is 1.60. The number of fused-ring (bicyclic) bond motifs is 1. The van der Waals surface area contributed by atoms with Gasteiger partial charge in [0.05, 0.1) is 10.4 Å². The highest BCUT2D eigenvalue weighted by atomic mass is 32.1. The fourth-order valence-electron chi connectivity index (χ4n) is 3.09. The van der Waals surface area contributed by atoms with E-state index in [0.29, 0.717) is 12.0 Å². The van der Waals surface area contributed by atoms with Gasteiger partial charge in [0.15, 0.2) is 0 Å². The summed E-state index contributed by atoms with van der Waals surface area (Å²) in [5.41, 5.74) is 8.41. The van der Waals surface area contributed by atoms with Crippen molar-refractivity contribution in [2.24, 2.45) is 11.7 Å². The van der Waals surface area contributed by atoms with Crippen LogP contribution in [0.5, 0.6) is 0 Å². The van der Waals surface area contributed by atoms with E-state index in [1.54, 1.807) is 11.5 Å². The summed E-state index contributed by atoms with van der Waals surface area (Å²) in [6.07, 6.45) is 1.17. The van der Waals surface area contributed by atoms with Gasteiger partial charge in [-0.25, -0.2) is 0 Å². The summed E-state index contributed by atoms with van der Waals surface area (Å²) in [6.45, 7) is 4.00. The van der Waals surface area contributed by atoms with Crippen LogP contribution in [-0.2, 0) is 0 Å². The summed E-state index contributed by atoms with van der Waals surface area (Å²) in [7, 11) is 2.20. The minimum Gasteiger partial charge on any atom is -0.330 e. The largest absolute Gasteiger partial charge is 0.330 e. The van der Waals surface area contributed by atoms with Crippen molar-refractivity contribution in [3.05, 3.63) is 29.5 Å². The second-order valence-electron chi connectivity index (χ2n) is 5.28. The number of hydrogen-bond donors (Lipinski definition) is 1. The molecule has 1 aliphatic heterocycles. The molecule has 2 aromatic rings. The molecule has 0 aliphatic carbocycles. The van der Waals surface area contributed by atoms with E-state index >= 15 is 0 Å². The Kier molecular flexibility index (Phi) is 3.09. The van der Waals surface area contributed by atoms with Crippen LogP contribution in [0.3, 0.4) is 0 Å². The highest BCUT2D eigenvalue weighted by Gasteiger charge is 2.31. The first-order chi connectivity index (χ1) is 8.70. The Bertz CT molecular complexity index is 563. The van der Waals surface area contributed by atoms with Crippen molar-refractivity contribution in [1.29, 1.82) is 0 Å². The van der Waals surface area contributed by atoms with Gasteiger partial charge in [0.25, 0.3) is 0 Å². The lowest BCUT2D eigenvalue weighted by Gasteiger charge is -2.20. The number of aromatic nitrogens is 1. The predicted molar refractivity (Wildman–Crippen MR) is 76.9 cm³/mol. The zero-order valence-corrected chi connectivity index (χ0v) is 11.7. The molecule has 0 spiro atoms. The van der Waals surface area contributed by atoms with Gasteiger partial charge in [-0.1, -0.05) is 12.1 Å². The Labute approximate surface area is 112 Å². The molecule has 0 bridgehead atoms. The third-order valence-corrected chi connectivity index (χ3v) is 4.93. The van der Waals surface area contributed by atoms with E-state index in [0.717, 1.165) is 18.8 Å². The van der Waals surface area contributed by atoms with Gasteiger partial charge in [-0.3, -0.25) is 4.90 Å². The topological polar surface area (TPSA) is 42.1 Å². The highest BCUT2D eigenvalue weighted by Crippen LogP contribution is 2.38. The number of rotatable bonds is 2. The lowest BCUT2D eigenvalue weighted by Crippen LogP contribution is -2.20. The van der Waals surface area contributed by atoms with Crippen LogP contribution >= 0.6 is 11.5 Å². The smallest absolute Gasteiger partial charge is 0.0593 e. The van der Waals surface area contributed by atoms with E-state index in [2.05, 4.69) is 41.4 Å². The maximum Gasteiger partial charge on any atom is 0.0593 e. The second-order valence-corrected chi connectivity index (χ2v) is 6.09. The molecule has 18 heavy (non-hydrogen) atoms. The van der Waals surface area contributed by atoms with Crippen LogP contribution in [0.4, 0.5) is 0 Å². The van der Waals surface area contributed by atoms with Gasteiger partial charge in [0, 0.05) is 18.0 Å². The predicted octanol–water partition coefficient (Wildman–Crippen LogP) is 2.56. The monoisotopic (exact) mass is 261 g/mol. The van der Waals surface area contributed by atoms with E-state index < -0.39 is 0 Å². The first-order valence-corrected chi connectivity index (χ1v) is 7.23. The number of nitrogens with zero attached hydrogens (tertiary/aromatic N) is 2. The number of likely N-dealkylation sites (tertiary alicyclic amines) is 1. The fraction of sp³-hybridized carbons (Fsp3) is 0.500. The van der Waals surface area contributed by atoms with Gasteiger partial charge >= 0.3 is 0 Å². The molecule has 2 unspecified atom stereocenters. The van der Waals surface area contributed by atoms with Crippen LogP contribution < -0.4 is 5.73 Å². The van der Waals surface area contributed by atoms with Crippen molar-refractivity contribution in [1.82, 2.24) is 9.27 Å². The highest BCUT2D eigenvalue weighted by molar-refractivity contribution is 7.13. The quantitative estimate of drug-likeness (QED) is 0.903. The second kappa shape index (κ2) is 4.61. The van der Waals surface area contributed by atoms with Crippen molar-refractivity contribution >= 4 is 21.6 Å². The molecule has 2 N–H and O–H groups in total. The lowest BCUT2D eigenvalue weighted by atomic mass is 9.96. The Morgan fingerprint density at radius 1 is 1.50 bits per heavy atom. The molecule has 1 saturated heterocycles. The Balaban J connectivity index is 2.06. The average molecular weight is 261 g/mol. The molecule has 96 valence electrons. The van der Waals surface area contributed by atoms with Crippen molar-refractivity contribution in [2.45, 2.75) is 19.4 Å². The van der Waals surface area contributed by atoms with Crippen molar-refractivity contribution < 1.29 is 0 Å². The minimum absolute atomic E-state index is 0.498. The minimum atomic E-state index is 0.498. The normalized spacial score (nSPS) is 25.1. The Morgan fingerprint density at radius 3 is 3.06 bits per heavy atom. The molecule has 0 amide bonds. The van der Waals surface area contributed by atoms with Crippen LogP contribution in [0.2, 0.25) is 0 Å². The molecule has 3 rings (SSSR count). The SMILES string of the molecule is Cc1nsc2cccc(C3CC(CN)CN3C)c12. The number of aryl methyl sites for hydroxylation is 1. The third kappa shape index (κ3) is 1.85. The van der Waals surface area contributed by atoms with Crippen LogP contribution in [0.15, 0.2) is 18.2 Å². The molecule has 0 radical (unpaired) electrons. The first kappa shape index (κ1) is 12.1. The van der Waals surface area contributed by atoms with E-state index in [1.165, 1.54) is 22.1 Å². The molecule has 2 atom stereocenters. The van der Waals surface area contributed by atoms with Crippen LogP contribution in [0.1, 0.15) is 23.7 Å². The van der Waals surface area contributed by atoms with E-state index in [4.69, 9.17) is 5.73 Å². The van der Waals surface area contributed by atoms with Crippen molar-refractivity contribution in [3.8, 4) is 0 Å². The van der Waals surface area contributed by atoms with Crippen LogP contribution in [0.25, 0.3) is 10.1 Å². The average Bonchev–Trinajstić information content (AvgIpc) is 2.93. The molecular formula is C14H19N3S. The van der Waals surface area contributed by atoms with E-state index in [9.17, 15) is 0 Å². The number of hydrogen-bond acceptors (Lipinski definition) is 4. The molecule has 3 nitrogen and oxygen atoms in total. The molecule has 1 aromatic heterocycles. The Morgan fingerprint density at radius 2 is 2.33 bits per heavy atom. The summed E-state index contributed by atoms with van der Waals surface area (Å²) in [4.78, 5) is 2.43. The van der Waals surface area contributed by atoms with Crippen molar-refractivity contribution in [2.75, 3.05) is 20.1 Å². The maximum atomic E-state index is 5.82. The fourth-order valence-corrected chi connectivity index (χ4v) is 3.92. The molecule has 1 aromatic carbocycles. The lowest BCUT2D eigenvalue weighted by molar-refractivity contribution is 0.315. The zero-order valence-electron chi connectivity index (χ0n) is 10.9. The van der Waals surface area contributed by atoms with Crippen LogP contribution in [0, 0.1) is 12.8 Å². The van der Waals surface area contributed by atoms with E-state index in [1.807, 2.05) is 0 Å². The van der Waals surface area contributed by atoms with E-state index in [-0.39, 0.29) is 0 Å².